The molecule has 1 aliphatic carbocycles. The second-order valence-corrected chi connectivity index (χ2v) is 8.30. The van der Waals surface area contributed by atoms with E-state index in [1.165, 1.54) is 33.6 Å². The molecule has 1 saturated carbocycles. The minimum absolute atomic E-state index is 0.0587. The number of carbonyl (C=O) groups is 1. The van der Waals surface area contributed by atoms with Crippen LogP contribution in [0.15, 0.2) is 53.8 Å². The molecule has 1 aromatic carbocycles. The van der Waals surface area contributed by atoms with Gasteiger partial charge in [0.25, 0.3) is 5.91 Å². The highest BCUT2D eigenvalue weighted by Crippen LogP contribution is 2.22. The molecule has 0 saturated heterocycles. The van der Waals surface area contributed by atoms with Gasteiger partial charge in [-0.2, -0.15) is 5.10 Å². The molecular weight excluding hydrogens is 427 g/mol. The maximum atomic E-state index is 14.9. The molecule has 0 unspecified atom stereocenters. The summed E-state index contributed by atoms with van der Waals surface area (Å²) >= 11 is 0. The Kier molecular flexibility index (Phi) is 5.29. The first kappa shape index (κ1) is 21.1. The van der Waals surface area contributed by atoms with Crippen LogP contribution in [0.4, 0.5) is 4.39 Å². The van der Waals surface area contributed by atoms with Crippen molar-refractivity contribution in [3.05, 3.63) is 76.5 Å². The Morgan fingerprint density at radius 1 is 1.27 bits per heavy atom. The van der Waals surface area contributed by atoms with Crippen LogP contribution in [0.3, 0.4) is 0 Å². The molecule has 10 heteroatoms. The number of aliphatic hydroxyl groups is 1. The maximum Gasteiger partial charge on any atom is 0.334 e. The molecule has 9 nitrogen and oxygen atoms in total. The Bertz CT molecular complexity index is 1400. The Morgan fingerprint density at radius 3 is 2.82 bits per heavy atom. The van der Waals surface area contributed by atoms with E-state index in [1.54, 1.807) is 36.1 Å². The zero-order valence-corrected chi connectivity index (χ0v) is 18.0. The number of aliphatic hydroxyl groups excluding tert-OH is 1. The molecule has 0 bridgehead atoms. The number of amides is 1. The largest absolute Gasteiger partial charge is 0.391 e. The van der Waals surface area contributed by atoms with E-state index in [4.69, 9.17) is 0 Å². The highest BCUT2D eigenvalue weighted by atomic mass is 19.1. The molecule has 1 amide bonds. The zero-order chi connectivity index (χ0) is 23.1. The molecule has 0 aliphatic heterocycles. The monoisotopic (exact) mass is 450 g/mol. The Hall–Kier alpha value is -3.79. The molecule has 2 atom stereocenters. The minimum Gasteiger partial charge on any atom is -0.391 e. The van der Waals surface area contributed by atoms with Gasteiger partial charge in [0.1, 0.15) is 5.82 Å². The molecule has 2 N–H and O–H groups in total. The smallest absolute Gasteiger partial charge is 0.334 e. The van der Waals surface area contributed by atoms with Crippen molar-refractivity contribution in [2.24, 2.45) is 7.05 Å². The van der Waals surface area contributed by atoms with Crippen molar-refractivity contribution < 1.29 is 14.3 Å². The molecule has 0 spiro atoms. The number of hydrogen-bond acceptors (Lipinski definition) is 5. The van der Waals surface area contributed by atoms with E-state index in [1.807, 2.05) is 0 Å². The first-order valence-corrected chi connectivity index (χ1v) is 10.7. The molecular formula is C23H23FN6O3. The van der Waals surface area contributed by atoms with Gasteiger partial charge >= 0.3 is 5.69 Å². The highest BCUT2D eigenvalue weighted by molar-refractivity contribution is 5.99. The molecule has 33 heavy (non-hydrogen) atoms. The van der Waals surface area contributed by atoms with E-state index in [0.717, 1.165) is 12.1 Å². The summed E-state index contributed by atoms with van der Waals surface area (Å²) in [5.74, 6) is -0.899. The average Bonchev–Trinajstić information content (AvgIpc) is 3.53. The average molecular weight is 450 g/mol. The van der Waals surface area contributed by atoms with Crippen molar-refractivity contribution in [2.75, 3.05) is 0 Å². The third-order valence-corrected chi connectivity index (χ3v) is 6.17. The molecule has 0 radical (unpaired) electrons. The van der Waals surface area contributed by atoms with Crippen molar-refractivity contribution >= 4 is 11.6 Å². The van der Waals surface area contributed by atoms with Crippen LogP contribution < -0.4 is 11.0 Å². The minimum atomic E-state index is -0.595. The summed E-state index contributed by atoms with van der Waals surface area (Å²) in [5, 5.41) is 17.0. The van der Waals surface area contributed by atoms with Gasteiger partial charge in [-0.25, -0.2) is 14.2 Å². The molecule has 1 fully saturated rings. The number of hydrogen-bond donors (Lipinski definition) is 2. The summed E-state index contributed by atoms with van der Waals surface area (Å²) in [6, 6.07) is 6.24. The molecule has 5 rings (SSSR count). The predicted molar refractivity (Wildman–Crippen MR) is 118 cm³/mol. The van der Waals surface area contributed by atoms with E-state index in [-0.39, 0.29) is 23.8 Å². The summed E-state index contributed by atoms with van der Waals surface area (Å²) in [6.07, 6.45) is 7.50. The third kappa shape index (κ3) is 3.82. The van der Waals surface area contributed by atoms with Gasteiger partial charge in [-0.15, -0.1) is 0 Å². The number of rotatable bonds is 5. The van der Waals surface area contributed by atoms with Gasteiger partial charge in [-0.05, 0) is 31.4 Å². The number of imidazole rings is 1. The van der Waals surface area contributed by atoms with Crippen LogP contribution in [0.25, 0.3) is 16.9 Å². The quantitative estimate of drug-likeness (QED) is 0.482. The van der Waals surface area contributed by atoms with Crippen LogP contribution >= 0.6 is 0 Å². The van der Waals surface area contributed by atoms with Crippen LogP contribution in [0, 0.1) is 5.82 Å². The van der Waals surface area contributed by atoms with Crippen LogP contribution in [-0.4, -0.2) is 46.9 Å². The summed E-state index contributed by atoms with van der Waals surface area (Å²) in [4.78, 5) is 30.1. The standard InChI is InChI=1S/C23H23FN6O3/c1-28-19(7-8-26-28)14-5-6-15(17(24)11-14)12-29-13-16(21-25-9-10-30(21)23(29)33)22(32)27-18-3-2-4-20(18)31/h5-11,13,18,20,31H,2-4,12H2,1H3,(H,27,32)/t18-,20-/m0/s1. The van der Waals surface area contributed by atoms with E-state index < -0.39 is 23.5 Å². The van der Waals surface area contributed by atoms with Crippen LogP contribution in [0.5, 0.6) is 0 Å². The van der Waals surface area contributed by atoms with Gasteiger partial charge in [-0.1, -0.05) is 12.1 Å². The molecule has 170 valence electrons. The van der Waals surface area contributed by atoms with E-state index in [9.17, 15) is 19.1 Å². The van der Waals surface area contributed by atoms with Crippen molar-refractivity contribution in [1.29, 1.82) is 0 Å². The fraction of sp³-hybridized carbons (Fsp3) is 0.304. The number of halogens is 1. The number of aromatic nitrogens is 5. The Balaban J connectivity index is 1.49. The van der Waals surface area contributed by atoms with Crippen molar-refractivity contribution in [3.63, 3.8) is 0 Å². The van der Waals surface area contributed by atoms with E-state index in [2.05, 4.69) is 15.4 Å². The number of benzene rings is 1. The van der Waals surface area contributed by atoms with Crippen LogP contribution in [0.1, 0.15) is 35.2 Å². The summed E-state index contributed by atoms with van der Waals surface area (Å²) in [7, 11) is 1.78. The fourth-order valence-corrected chi connectivity index (χ4v) is 4.37. The van der Waals surface area contributed by atoms with E-state index >= 15 is 0 Å². The van der Waals surface area contributed by atoms with Crippen molar-refractivity contribution in [3.8, 4) is 11.3 Å². The van der Waals surface area contributed by atoms with E-state index in [0.29, 0.717) is 24.0 Å². The zero-order valence-electron chi connectivity index (χ0n) is 18.0. The lowest BCUT2D eigenvalue weighted by atomic mass is 10.1. The van der Waals surface area contributed by atoms with Gasteiger partial charge < -0.3 is 10.4 Å². The number of carbonyl (C=O) groups excluding carboxylic acids is 1. The van der Waals surface area contributed by atoms with Gasteiger partial charge in [0.05, 0.1) is 29.9 Å². The summed E-state index contributed by atoms with van der Waals surface area (Å²) < 4.78 is 19.2. The second-order valence-electron chi connectivity index (χ2n) is 8.30. The lowest BCUT2D eigenvalue weighted by Gasteiger charge is -2.17. The third-order valence-electron chi connectivity index (χ3n) is 6.17. The van der Waals surface area contributed by atoms with Gasteiger partial charge in [0, 0.05) is 43.0 Å². The predicted octanol–water partition coefficient (Wildman–Crippen LogP) is 1.73. The SMILES string of the molecule is Cn1nccc1-c1ccc(Cn2cc(C(=O)N[C@H]3CCC[C@@H]3O)c3nccn3c2=O)c(F)c1. The number of nitrogens with one attached hydrogen (secondary N) is 1. The highest BCUT2D eigenvalue weighted by Gasteiger charge is 2.28. The second kappa shape index (κ2) is 8.28. The summed E-state index contributed by atoms with van der Waals surface area (Å²) in [6.45, 7) is -0.0587. The number of aryl methyl sites for hydroxylation is 1. The molecule has 1 aliphatic rings. The topological polar surface area (TPSA) is 106 Å². The summed E-state index contributed by atoms with van der Waals surface area (Å²) in [5.41, 5.74) is 1.71. The number of fused-ring (bicyclic) bond motifs is 1. The molecule has 4 aromatic rings. The van der Waals surface area contributed by atoms with Gasteiger partial charge in [0.15, 0.2) is 5.65 Å². The Morgan fingerprint density at radius 2 is 2.12 bits per heavy atom. The lowest BCUT2D eigenvalue weighted by Crippen LogP contribution is -2.41. The lowest BCUT2D eigenvalue weighted by molar-refractivity contribution is 0.0873. The van der Waals surface area contributed by atoms with Crippen molar-refractivity contribution in [2.45, 2.75) is 38.0 Å². The number of nitrogens with zero attached hydrogens (tertiary/aromatic N) is 5. The Labute approximate surface area is 188 Å². The first-order valence-electron chi connectivity index (χ1n) is 10.7. The fourth-order valence-electron chi connectivity index (χ4n) is 4.37. The van der Waals surface area contributed by atoms with Gasteiger partial charge in [-0.3, -0.25) is 18.4 Å². The normalized spacial score (nSPS) is 18.2. The molecule has 3 heterocycles. The van der Waals surface area contributed by atoms with Crippen LogP contribution in [0.2, 0.25) is 0 Å². The first-order chi connectivity index (χ1) is 15.9. The van der Waals surface area contributed by atoms with Gasteiger partial charge in [0.2, 0.25) is 0 Å². The van der Waals surface area contributed by atoms with Crippen LogP contribution in [-0.2, 0) is 13.6 Å². The van der Waals surface area contributed by atoms with Crippen molar-refractivity contribution in [1.82, 2.24) is 29.0 Å². The molecule has 3 aromatic heterocycles. The maximum absolute atomic E-state index is 14.9.